The molecule has 0 aliphatic rings. The standard InChI is InChI=1S/C13H22N2O/c1-9(2)13(8-16)15-12-5-4-11(7-14)10(3)6-12/h4-6,9,13,15-16H,7-8,14H2,1-3H3. The number of nitrogens with one attached hydrogen (secondary N) is 1. The van der Waals surface area contributed by atoms with Gasteiger partial charge in [0.25, 0.3) is 0 Å². The Morgan fingerprint density at radius 1 is 1.38 bits per heavy atom. The van der Waals surface area contributed by atoms with E-state index in [1.54, 1.807) is 0 Å². The van der Waals surface area contributed by atoms with Gasteiger partial charge in [-0.3, -0.25) is 0 Å². The van der Waals surface area contributed by atoms with Crippen LogP contribution in [0.3, 0.4) is 0 Å². The van der Waals surface area contributed by atoms with Gasteiger partial charge in [-0.25, -0.2) is 0 Å². The van der Waals surface area contributed by atoms with Gasteiger partial charge in [-0.1, -0.05) is 19.9 Å². The largest absolute Gasteiger partial charge is 0.394 e. The van der Waals surface area contributed by atoms with Crippen molar-refractivity contribution in [2.75, 3.05) is 11.9 Å². The summed E-state index contributed by atoms with van der Waals surface area (Å²) < 4.78 is 0. The van der Waals surface area contributed by atoms with Crippen molar-refractivity contribution in [1.29, 1.82) is 0 Å². The van der Waals surface area contributed by atoms with Crippen molar-refractivity contribution in [1.82, 2.24) is 0 Å². The van der Waals surface area contributed by atoms with Crippen molar-refractivity contribution in [2.24, 2.45) is 11.7 Å². The molecule has 1 atom stereocenters. The Balaban J connectivity index is 2.78. The summed E-state index contributed by atoms with van der Waals surface area (Å²) in [6.45, 7) is 6.95. The van der Waals surface area contributed by atoms with Crippen LogP contribution in [0.5, 0.6) is 0 Å². The Bertz CT molecular complexity index is 337. The highest BCUT2D eigenvalue weighted by molar-refractivity contribution is 5.49. The van der Waals surface area contributed by atoms with Crippen molar-refractivity contribution < 1.29 is 5.11 Å². The first-order valence-electron chi connectivity index (χ1n) is 5.75. The van der Waals surface area contributed by atoms with Crippen LogP contribution in [0.25, 0.3) is 0 Å². The first kappa shape index (κ1) is 13.0. The van der Waals surface area contributed by atoms with Crippen molar-refractivity contribution >= 4 is 5.69 Å². The summed E-state index contributed by atoms with van der Waals surface area (Å²) >= 11 is 0. The molecule has 1 aromatic rings. The molecule has 0 spiro atoms. The molecule has 0 radical (unpaired) electrons. The first-order valence-corrected chi connectivity index (χ1v) is 5.75. The van der Waals surface area contributed by atoms with E-state index in [1.165, 1.54) is 5.56 Å². The predicted octanol–water partition coefficient (Wildman–Crippen LogP) is 1.88. The van der Waals surface area contributed by atoms with Crippen LogP contribution >= 0.6 is 0 Å². The minimum atomic E-state index is 0.100. The van der Waals surface area contributed by atoms with Crippen LogP contribution in [0.15, 0.2) is 18.2 Å². The van der Waals surface area contributed by atoms with E-state index in [0.29, 0.717) is 12.5 Å². The highest BCUT2D eigenvalue weighted by Crippen LogP contribution is 2.17. The van der Waals surface area contributed by atoms with E-state index >= 15 is 0 Å². The van der Waals surface area contributed by atoms with Crippen LogP contribution in [0.1, 0.15) is 25.0 Å². The topological polar surface area (TPSA) is 58.3 Å². The second-order valence-electron chi connectivity index (χ2n) is 4.52. The second kappa shape index (κ2) is 5.87. The van der Waals surface area contributed by atoms with Gasteiger partial charge in [-0.15, -0.1) is 0 Å². The number of rotatable bonds is 5. The van der Waals surface area contributed by atoms with Crippen molar-refractivity contribution in [3.63, 3.8) is 0 Å². The van der Waals surface area contributed by atoms with Crippen LogP contribution in [-0.4, -0.2) is 17.8 Å². The highest BCUT2D eigenvalue weighted by Gasteiger charge is 2.11. The molecule has 90 valence electrons. The monoisotopic (exact) mass is 222 g/mol. The third-order valence-electron chi connectivity index (χ3n) is 2.92. The van der Waals surface area contributed by atoms with Gasteiger partial charge >= 0.3 is 0 Å². The zero-order chi connectivity index (χ0) is 12.1. The molecular weight excluding hydrogens is 200 g/mol. The lowest BCUT2D eigenvalue weighted by Crippen LogP contribution is -2.29. The van der Waals surface area contributed by atoms with Crippen LogP contribution in [-0.2, 0) is 6.54 Å². The second-order valence-corrected chi connectivity index (χ2v) is 4.52. The number of anilines is 1. The minimum Gasteiger partial charge on any atom is -0.394 e. The van der Waals surface area contributed by atoms with Crippen LogP contribution in [0.4, 0.5) is 5.69 Å². The number of benzene rings is 1. The van der Waals surface area contributed by atoms with E-state index in [1.807, 2.05) is 12.1 Å². The van der Waals surface area contributed by atoms with Gasteiger partial charge in [-0.05, 0) is 36.1 Å². The van der Waals surface area contributed by atoms with Crippen LogP contribution < -0.4 is 11.1 Å². The van der Waals surface area contributed by atoms with Gasteiger partial charge in [0.15, 0.2) is 0 Å². The Morgan fingerprint density at radius 3 is 2.50 bits per heavy atom. The fraction of sp³-hybridized carbons (Fsp3) is 0.538. The molecule has 4 N–H and O–H groups in total. The number of hydrogen-bond donors (Lipinski definition) is 3. The number of aliphatic hydroxyl groups is 1. The Morgan fingerprint density at radius 2 is 2.06 bits per heavy atom. The summed E-state index contributed by atoms with van der Waals surface area (Å²) in [5, 5.41) is 12.6. The summed E-state index contributed by atoms with van der Waals surface area (Å²) in [6.07, 6.45) is 0. The summed E-state index contributed by atoms with van der Waals surface area (Å²) in [7, 11) is 0. The van der Waals surface area contributed by atoms with E-state index in [4.69, 9.17) is 5.73 Å². The summed E-state index contributed by atoms with van der Waals surface area (Å²) in [5.74, 6) is 0.402. The minimum absolute atomic E-state index is 0.100. The quantitative estimate of drug-likeness (QED) is 0.713. The summed E-state index contributed by atoms with van der Waals surface area (Å²) in [4.78, 5) is 0. The average molecular weight is 222 g/mol. The predicted molar refractivity (Wildman–Crippen MR) is 68.4 cm³/mol. The van der Waals surface area contributed by atoms with E-state index < -0.39 is 0 Å². The maximum atomic E-state index is 9.25. The molecular formula is C13H22N2O. The third-order valence-corrected chi connectivity index (χ3v) is 2.92. The van der Waals surface area contributed by atoms with Gasteiger partial charge in [0.05, 0.1) is 12.6 Å². The molecule has 0 bridgehead atoms. The lowest BCUT2D eigenvalue weighted by Gasteiger charge is -2.21. The molecule has 1 rings (SSSR count). The lowest BCUT2D eigenvalue weighted by atomic mass is 10.0. The molecule has 0 amide bonds. The van der Waals surface area contributed by atoms with Crippen molar-refractivity contribution in [2.45, 2.75) is 33.4 Å². The smallest absolute Gasteiger partial charge is 0.0635 e. The Kier molecular flexibility index (Phi) is 4.77. The van der Waals surface area contributed by atoms with Gasteiger partial charge in [0.1, 0.15) is 0 Å². The van der Waals surface area contributed by atoms with E-state index in [9.17, 15) is 5.11 Å². The van der Waals surface area contributed by atoms with Crippen molar-refractivity contribution in [3.05, 3.63) is 29.3 Å². The van der Waals surface area contributed by atoms with Gasteiger partial charge in [0, 0.05) is 12.2 Å². The third kappa shape index (κ3) is 3.22. The summed E-state index contributed by atoms with van der Waals surface area (Å²) in [5.41, 5.74) is 9.01. The first-order chi connectivity index (χ1) is 7.58. The number of aliphatic hydroxyl groups excluding tert-OH is 1. The Labute approximate surface area is 97.7 Å². The maximum Gasteiger partial charge on any atom is 0.0635 e. The van der Waals surface area contributed by atoms with E-state index in [2.05, 4.69) is 32.2 Å². The molecule has 0 aromatic heterocycles. The normalized spacial score (nSPS) is 12.9. The summed E-state index contributed by atoms with van der Waals surface area (Å²) in [6, 6.07) is 6.23. The number of nitrogens with two attached hydrogens (primary N) is 1. The van der Waals surface area contributed by atoms with Gasteiger partial charge in [0.2, 0.25) is 0 Å². The van der Waals surface area contributed by atoms with Gasteiger partial charge in [-0.2, -0.15) is 0 Å². The van der Waals surface area contributed by atoms with Gasteiger partial charge < -0.3 is 16.2 Å². The molecule has 1 unspecified atom stereocenters. The fourth-order valence-corrected chi connectivity index (χ4v) is 1.65. The molecule has 3 nitrogen and oxygen atoms in total. The van der Waals surface area contributed by atoms with Crippen LogP contribution in [0.2, 0.25) is 0 Å². The fourth-order valence-electron chi connectivity index (χ4n) is 1.65. The molecule has 0 aliphatic carbocycles. The molecule has 1 aromatic carbocycles. The SMILES string of the molecule is Cc1cc(NC(CO)C(C)C)ccc1CN. The molecule has 0 fully saturated rings. The average Bonchev–Trinajstić information content (AvgIpc) is 2.25. The Hall–Kier alpha value is -1.06. The van der Waals surface area contributed by atoms with E-state index in [0.717, 1.165) is 11.3 Å². The van der Waals surface area contributed by atoms with Crippen molar-refractivity contribution in [3.8, 4) is 0 Å². The molecule has 0 saturated heterocycles. The lowest BCUT2D eigenvalue weighted by molar-refractivity contribution is 0.249. The molecule has 0 aliphatic heterocycles. The molecule has 3 heteroatoms. The number of aryl methyl sites for hydroxylation is 1. The number of hydrogen-bond acceptors (Lipinski definition) is 3. The molecule has 0 heterocycles. The zero-order valence-electron chi connectivity index (χ0n) is 10.3. The van der Waals surface area contributed by atoms with E-state index in [-0.39, 0.29) is 12.6 Å². The van der Waals surface area contributed by atoms with Crippen LogP contribution in [0, 0.1) is 12.8 Å². The molecule has 16 heavy (non-hydrogen) atoms. The zero-order valence-corrected chi connectivity index (χ0v) is 10.3. The maximum absolute atomic E-state index is 9.25. The molecule has 0 saturated carbocycles. The highest BCUT2D eigenvalue weighted by atomic mass is 16.3.